The van der Waals surface area contributed by atoms with Gasteiger partial charge in [-0.05, 0) is 57.8 Å². The number of rotatable bonds is 34. The summed E-state index contributed by atoms with van der Waals surface area (Å²) < 4.78 is 32.5. The molecule has 0 fully saturated rings. The van der Waals surface area contributed by atoms with Crippen LogP contribution < -0.4 is 5.73 Å². The minimum absolute atomic E-state index is 0.134. The molecule has 294 valence electrons. The van der Waals surface area contributed by atoms with E-state index < -0.39 is 57.2 Å². The van der Waals surface area contributed by atoms with Crippen LogP contribution in [-0.2, 0) is 37.5 Å². The lowest BCUT2D eigenvalue weighted by molar-refractivity contribution is -0.161. The maximum absolute atomic E-state index is 12.5. The second kappa shape index (κ2) is 33.3. The molecule has 0 saturated heterocycles. The molecule has 0 aliphatic rings. The van der Waals surface area contributed by atoms with Crippen molar-refractivity contribution in [2.75, 3.05) is 19.8 Å². The summed E-state index contributed by atoms with van der Waals surface area (Å²) in [5, 5.41) is 18.7. The van der Waals surface area contributed by atoms with Gasteiger partial charge >= 0.3 is 25.7 Å². The highest BCUT2D eigenvalue weighted by molar-refractivity contribution is 7.47. The number of carboxylic acid groups (broad SMARTS) is 1. The van der Waals surface area contributed by atoms with Crippen molar-refractivity contribution in [3.05, 3.63) is 48.6 Å². The van der Waals surface area contributed by atoms with E-state index in [-0.39, 0.29) is 19.4 Å². The summed E-state index contributed by atoms with van der Waals surface area (Å²) in [7, 11) is -4.73. The van der Waals surface area contributed by atoms with E-state index in [2.05, 4.69) is 36.6 Å². The number of unbranched alkanes of at least 4 members (excludes halogenated alkanes) is 12. The monoisotopic (exact) mass is 743 g/mol. The summed E-state index contributed by atoms with van der Waals surface area (Å²) in [6.45, 7) is 2.47. The van der Waals surface area contributed by atoms with Crippen LogP contribution in [0.5, 0.6) is 0 Å². The van der Waals surface area contributed by atoms with Gasteiger partial charge in [0.2, 0.25) is 0 Å². The lowest BCUT2D eigenvalue weighted by atomic mass is 10.1. The van der Waals surface area contributed by atoms with E-state index in [1.54, 1.807) is 6.08 Å². The summed E-state index contributed by atoms with van der Waals surface area (Å²) in [5.41, 5.74) is 5.30. The maximum atomic E-state index is 12.5. The number of hydrogen-bond donors (Lipinski definition) is 4. The van der Waals surface area contributed by atoms with Crippen molar-refractivity contribution < 1.29 is 52.6 Å². The van der Waals surface area contributed by atoms with Gasteiger partial charge in [0.25, 0.3) is 0 Å². The van der Waals surface area contributed by atoms with Gasteiger partial charge in [-0.25, -0.2) is 4.57 Å². The van der Waals surface area contributed by atoms with Crippen LogP contribution in [0.4, 0.5) is 0 Å². The molecule has 0 aromatic heterocycles. The van der Waals surface area contributed by atoms with Crippen molar-refractivity contribution in [3.63, 3.8) is 0 Å². The number of ether oxygens (including phenoxy) is 2. The summed E-state index contributed by atoms with van der Waals surface area (Å²) in [4.78, 5) is 45.7. The van der Waals surface area contributed by atoms with E-state index in [0.29, 0.717) is 19.3 Å². The second-order valence-corrected chi connectivity index (χ2v) is 14.0. The summed E-state index contributed by atoms with van der Waals surface area (Å²) in [6.07, 6.45) is 30.9. The Morgan fingerprint density at radius 3 is 1.90 bits per heavy atom. The second-order valence-electron chi connectivity index (χ2n) is 12.5. The molecule has 0 heterocycles. The molecule has 0 saturated carbocycles. The number of nitrogens with two attached hydrogens (primary N) is 1. The normalized spacial score (nSPS) is 15.1. The summed E-state index contributed by atoms with van der Waals surface area (Å²) in [5.74, 6) is -2.46. The topological polar surface area (TPSA) is 192 Å². The molecule has 2 unspecified atom stereocenters. The van der Waals surface area contributed by atoms with Crippen molar-refractivity contribution in [1.29, 1.82) is 0 Å². The molecule has 4 atom stereocenters. The Morgan fingerprint density at radius 1 is 0.706 bits per heavy atom. The largest absolute Gasteiger partial charge is 0.480 e. The van der Waals surface area contributed by atoms with Gasteiger partial charge in [-0.3, -0.25) is 23.4 Å². The molecular formula is C38H66NO11P. The number of carboxylic acids is 1. The lowest BCUT2D eigenvalue weighted by Crippen LogP contribution is -2.34. The number of carbonyl (C=O) groups is 3. The molecule has 0 bridgehead atoms. The number of hydrogen-bond acceptors (Lipinski definition) is 10. The molecule has 0 aliphatic carbocycles. The van der Waals surface area contributed by atoms with Crippen LogP contribution in [-0.4, -0.2) is 71.1 Å². The van der Waals surface area contributed by atoms with Gasteiger partial charge in [0.1, 0.15) is 12.6 Å². The van der Waals surface area contributed by atoms with Crippen molar-refractivity contribution in [1.82, 2.24) is 0 Å². The standard InChI is InChI=1S/C38H66NO11P/c1-3-5-7-8-9-10-11-14-18-21-25-29-37(42)50-34(31-48-51(45,46)49-32-35(39)38(43)44)30-47-36(41)28-24-20-17-15-12-13-16-19-23-27-33(40)26-22-6-4-2/h6,8-9,16,19,22-23,27,33-35,40H,3-5,7,10-15,17-18,20-21,24-26,28-32,39H2,1-2H3,(H,43,44)(H,45,46)/b9-8-,19-16+,22-6+,27-23+/t33?,34-,35+/m1/s1. The number of phosphoric acid groups is 1. The number of phosphoric ester groups is 1. The fraction of sp³-hybridized carbons (Fsp3) is 0.711. The van der Waals surface area contributed by atoms with Gasteiger partial charge < -0.3 is 30.3 Å². The van der Waals surface area contributed by atoms with Crippen LogP contribution in [0.1, 0.15) is 136 Å². The van der Waals surface area contributed by atoms with Crippen molar-refractivity contribution >= 4 is 25.7 Å². The summed E-state index contributed by atoms with van der Waals surface area (Å²) in [6, 6.07) is -1.53. The highest BCUT2D eigenvalue weighted by Gasteiger charge is 2.28. The fourth-order valence-corrected chi connectivity index (χ4v) is 5.39. The average molecular weight is 744 g/mol. The number of allylic oxidation sites excluding steroid dienone is 6. The molecule has 5 N–H and O–H groups in total. The first-order valence-corrected chi connectivity index (χ1v) is 20.3. The van der Waals surface area contributed by atoms with Crippen molar-refractivity contribution in [2.45, 2.75) is 154 Å². The van der Waals surface area contributed by atoms with E-state index in [4.69, 9.17) is 24.8 Å². The Kier molecular flexibility index (Phi) is 31.6. The highest BCUT2D eigenvalue weighted by Crippen LogP contribution is 2.43. The number of aliphatic hydroxyl groups is 1. The average Bonchev–Trinajstić information content (AvgIpc) is 3.09. The number of carbonyl (C=O) groups excluding carboxylic acids is 2. The Morgan fingerprint density at radius 2 is 1.27 bits per heavy atom. The Bertz CT molecular complexity index is 1080. The smallest absolute Gasteiger partial charge is 0.472 e. The number of esters is 2. The molecule has 13 heteroatoms. The molecular weight excluding hydrogens is 677 g/mol. The third-order valence-corrected chi connectivity index (χ3v) is 8.59. The molecule has 0 spiro atoms. The Labute approximate surface area is 306 Å². The van der Waals surface area contributed by atoms with Crippen LogP contribution in [0.2, 0.25) is 0 Å². The van der Waals surface area contributed by atoms with Crippen LogP contribution in [0.15, 0.2) is 48.6 Å². The third-order valence-electron chi connectivity index (χ3n) is 7.64. The summed E-state index contributed by atoms with van der Waals surface area (Å²) >= 11 is 0. The number of aliphatic hydroxyl groups excluding tert-OH is 1. The van der Waals surface area contributed by atoms with E-state index in [1.807, 2.05) is 24.3 Å². The van der Waals surface area contributed by atoms with Crippen LogP contribution >= 0.6 is 7.82 Å². The molecule has 0 aromatic rings. The quantitative estimate of drug-likeness (QED) is 0.0163. The SMILES string of the molecule is CC/C=C/CC(O)/C=C/C=C/CCCCCCCC(=O)OC[C@H](COP(=O)(O)OC[C@H](N)C(=O)O)OC(=O)CCCCCCC/C=C\CCCC. The third kappa shape index (κ3) is 33.0. The fourth-order valence-electron chi connectivity index (χ4n) is 4.61. The van der Waals surface area contributed by atoms with Crippen LogP contribution in [0.25, 0.3) is 0 Å². The first-order valence-electron chi connectivity index (χ1n) is 18.8. The van der Waals surface area contributed by atoms with Gasteiger partial charge in [0.05, 0.1) is 19.3 Å². The molecule has 0 amide bonds. The van der Waals surface area contributed by atoms with Gasteiger partial charge in [-0.2, -0.15) is 0 Å². The van der Waals surface area contributed by atoms with Gasteiger partial charge in [-0.15, -0.1) is 0 Å². The maximum Gasteiger partial charge on any atom is 0.472 e. The molecule has 0 radical (unpaired) electrons. The lowest BCUT2D eigenvalue weighted by Gasteiger charge is -2.20. The first kappa shape index (κ1) is 48.4. The van der Waals surface area contributed by atoms with E-state index in [9.17, 15) is 28.9 Å². The van der Waals surface area contributed by atoms with Crippen LogP contribution in [0, 0.1) is 0 Å². The van der Waals surface area contributed by atoms with Crippen LogP contribution in [0.3, 0.4) is 0 Å². The minimum atomic E-state index is -4.73. The van der Waals surface area contributed by atoms with Crippen molar-refractivity contribution in [3.8, 4) is 0 Å². The zero-order valence-electron chi connectivity index (χ0n) is 31.0. The zero-order valence-corrected chi connectivity index (χ0v) is 31.9. The Balaban J connectivity index is 4.52. The van der Waals surface area contributed by atoms with Crippen molar-refractivity contribution in [2.24, 2.45) is 5.73 Å². The molecule has 12 nitrogen and oxygen atoms in total. The van der Waals surface area contributed by atoms with E-state index in [1.165, 1.54) is 12.8 Å². The molecule has 0 rings (SSSR count). The highest BCUT2D eigenvalue weighted by atomic mass is 31.2. The molecule has 51 heavy (non-hydrogen) atoms. The molecule has 0 aromatic carbocycles. The Hall–Kier alpha value is -2.60. The predicted molar refractivity (Wildman–Crippen MR) is 200 cm³/mol. The van der Waals surface area contributed by atoms with Gasteiger partial charge in [0.15, 0.2) is 6.10 Å². The molecule has 0 aliphatic heterocycles. The van der Waals surface area contributed by atoms with Gasteiger partial charge in [0, 0.05) is 12.8 Å². The minimum Gasteiger partial charge on any atom is -0.480 e. The predicted octanol–water partition coefficient (Wildman–Crippen LogP) is 8.02. The zero-order chi connectivity index (χ0) is 38.0. The number of aliphatic carboxylic acids is 1. The first-order chi connectivity index (χ1) is 24.5. The van der Waals surface area contributed by atoms with E-state index >= 15 is 0 Å². The van der Waals surface area contributed by atoms with Gasteiger partial charge in [-0.1, -0.05) is 114 Å². The van der Waals surface area contributed by atoms with E-state index in [0.717, 1.165) is 77.0 Å².